The molecule has 0 aliphatic heterocycles. The highest BCUT2D eigenvalue weighted by molar-refractivity contribution is 7.10. The van der Waals surface area contributed by atoms with Gasteiger partial charge in [-0.05, 0) is 35.7 Å². The summed E-state index contributed by atoms with van der Waals surface area (Å²) in [6.45, 7) is 1.22. The minimum absolute atomic E-state index is 0.125. The smallest absolute Gasteiger partial charge is 0.255 e. The molecule has 0 aliphatic rings. The first kappa shape index (κ1) is 18.5. The number of nitrogens with two attached hydrogens (primary N) is 1. The van der Waals surface area contributed by atoms with Crippen molar-refractivity contribution in [1.29, 1.82) is 0 Å². The summed E-state index contributed by atoms with van der Waals surface area (Å²) in [5, 5.41) is 7.44. The topological polar surface area (TPSA) is 111 Å². The maximum absolute atomic E-state index is 12.2. The van der Waals surface area contributed by atoms with Crippen LogP contribution in [0.5, 0.6) is 5.75 Å². The zero-order chi connectivity index (χ0) is 18.2. The molecular formula is C17H19N3O4S. The molecule has 2 rings (SSSR count). The molecule has 7 nitrogen and oxygen atoms in total. The second-order valence-electron chi connectivity index (χ2n) is 5.30. The van der Waals surface area contributed by atoms with Crippen LogP contribution in [-0.4, -0.2) is 24.3 Å². The Morgan fingerprint density at radius 1 is 1.20 bits per heavy atom. The largest absolute Gasteiger partial charge is 0.484 e. The number of anilines is 1. The molecule has 25 heavy (non-hydrogen) atoms. The first-order valence-corrected chi connectivity index (χ1v) is 8.43. The maximum Gasteiger partial charge on any atom is 0.255 e. The van der Waals surface area contributed by atoms with Gasteiger partial charge in [0.2, 0.25) is 11.8 Å². The van der Waals surface area contributed by atoms with E-state index in [-0.39, 0.29) is 30.9 Å². The number of ether oxygens (including phenoxy) is 1. The molecule has 132 valence electrons. The van der Waals surface area contributed by atoms with Crippen molar-refractivity contribution < 1.29 is 19.1 Å². The number of rotatable bonds is 8. The monoisotopic (exact) mass is 361 g/mol. The van der Waals surface area contributed by atoms with E-state index >= 15 is 0 Å². The molecule has 3 amide bonds. The fraction of sp³-hybridized carbons (Fsp3) is 0.235. The second-order valence-corrected chi connectivity index (χ2v) is 6.28. The molecule has 0 bridgehead atoms. The van der Waals surface area contributed by atoms with Crippen molar-refractivity contribution in [3.05, 3.63) is 46.7 Å². The lowest BCUT2D eigenvalue weighted by Gasteiger charge is -2.16. The Labute approximate surface area is 149 Å². The average Bonchev–Trinajstić information content (AvgIpc) is 3.07. The van der Waals surface area contributed by atoms with E-state index in [0.717, 1.165) is 4.88 Å². The van der Waals surface area contributed by atoms with Crippen LogP contribution in [0, 0.1) is 0 Å². The highest BCUT2D eigenvalue weighted by atomic mass is 32.1. The predicted octanol–water partition coefficient (Wildman–Crippen LogP) is 1.82. The minimum Gasteiger partial charge on any atom is -0.484 e. The number of nitrogens with one attached hydrogen (secondary N) is 2. The van der Waals surface area contributed by atoms with Gasteiger partial charge in [-0.3, -0.25) is 14.4 Å². The molecule has 0 saturated heterocycles. The van der Waals surface area contributed by atoms with Crippen LogP contribution in [0.15, 0.2) is 41.8 Å². The number of carbonyl (C=O) groups excluding carboxylic acids is 3. The van der Waals surface area contributed by atoms with Crippen LogP contribution in [-0.2, 0) is 14.4 Å². The number of primary amides is 1. The Bertz CT molecular complexity index is 729. The Hall–Kier alpha value is -2.87. The molecule has 0 fully saturated rings. The summed E-state index contributed by atoms with van der Waals surface area (Å²) >= 11 is 1.48. The van der Waals surface area contributed by atoms with Crippen LogP contribution < -0.4 is 21.1 Å². The van der Waals surface area contributed by atoms with Gasteiger partial charge in [-0.1, -0.05) is 6.07 Å². The Morgan fingerprint density at radius 3 is 2.48 bits per heavy atom. The molecule has 0 spiro atoms. The third kappa shape index (κ3) is 6.27. The summed E-state index contributed by atoms with van der Waals surface area (Å²) in [6, 6.07) is 9.96. The van der Waals surface area contributed by atoms with Crippen LogP contribution in [0.3, 0.4) is 0 Å². The highest BCUT2D eigenvalue weighted by Gasteiger charge is 2.18. The zero-order valence-electron chi connectivity index (χ0n) is 13.7. The van der Waals surface area contributed by atoms with Crippen molar-refractivity contribution >= 4 is 34.7 Å². The standard InChI is InChI=1S/C17H19N3O4S/c1-11(21)19-14(15-3-2-8-25-15)9-17(23)20-12-4-6-13(7-5-12)24-10-16(18)22/h2-8,14H,9-10H2,1H3,(H2,18,22)(H,19,21)(H,20,23). The normalized spacial score (nSPS) is 11.4. The van der Waals surface area contributed by atoms with Gasteiger partial charge in [0.05, 0.1) is 12.5 Å². The lowest BCUT2D eigenvalue weighted by molar-refractivity contribution is -0.121. The van der Waals surface area contributed by atoms with E-state index in [2.05, 4.69) is 10.6 Å². The van der Waals surface area contributed by atoms with Gasteiger partial charge in [-0.15, -0.1) is 11.3 Å². The Morgan fingerprint density at radius 2 is 1.92 bits per heavy atom. The molecule has 0 radical (unpaired) electrons. The molecule has 8 heteroatoms. The third-order valence-electron chi connectivity index (χ3n) is 3.17. The summed E-state index contributed by atoms with van der Waals surface area (Å²) in [5.41, 5.74) is 5.59. The quantitative estimate of drug-likeness (QED) is 0.666. The summed E-state index contributed by atoms with van der Waals surface area (Å²) < 4.78 is 5.15. The van der Waals surface area contributed by atoms with E-state index < -0.39 is 5.91 Å². The summed E-state index contributed by atoms with van der Waals surface area (Å²) in [7, 11) is 0. The number of hydrogen-bond donors (Lipinski definition) is 3. The van der Waals surface area contributed by atoms with Crippen LogP contribution >= 0.6 is 11.3 Å². The minimum atomic E-state index is -0.560. The molecule has 1 heterocycles. The summed E-state index contributed by atoms with van der Waals surface area (Å²) in [5.74, 6) is -0.499. The van der Waals surface area contributed by atoms with Crippen LogP contribution in [0.4, 0.5) is 5.69 Å². The van der Waals surface area contributed by atoms with E-state index in [0.29, 0.717) is 11.4 Å². The van der Waals surface area contributed by atoms with Crippen LogP contribution in [0.2, 0.25) is 0 Å². The highest BCUT2D eigenvalue weighted by Crippen LogP contribution is 2.23. The van der Waals surface area contributed by atoms with Gasteiger partial charge >= 0.3 is 0 Å². The zero-order valence-corrected chi connectivity index (χ0v) is 14.5. The molecular weight excluding hydrogens is 342 g/mol. The molecule has 1 unspecified atom stereocenters. The van der Waals surface area contributed by atoms with E-state index in [9.17, 15) is 14.4 Å². The van der Waals surface area contributed by atoms with Crippen molar-refractivity contribution in [2.24, 2.45) is 5.73 Å². The number of thiophene rings is 1. The first-order valence-electron chi connectivity index (χ1n) is 7.55. The number of benzene rings is 1. The van der Waals surface area contributed by atoms with E-state index in [4.69, 9.17) is 10.5 Å². The summed E-state index contributed by atoms with van der Waals surface area (Å²) in [4.78, 5) is 35.2. The molecule has 2 aromatic rings. The molecule has 0 aliphatic carbocycles. The molecule has 4 N–H and O–H groups in total. The van der Waals surface area contributed by atoms with Crippen molar-refractivity contribution in [1.82, 2.24) is 5.32 Å². The van der Waals surface area contributed by atoms with Gasteiger partial charge in [-0.2, -0.15) is 0 Å². The van der Waals surface area contributed by atoms with Gasteiger partial charge in [0.1, 0.15) is 5.75 Å². The number of hydrogen-bond acceptors (Lipinski definition) is 5. The third-order valence-corrected chi connectivity index (χ3v) is 4.16. The molecule has 1 aromatic carbocycles. The fourth-order valence-corrected chi connectivity index (χ4v) is 2.92. The summed E-state index contributed by atoms with van der Waals surface area (Å²) in [6.07, 6.45) is 0.125. The first-order chi connectivity index (χ1) is 11.9. The SMILES string of the molecule is CC(=O)NC(CC(=O)Nc1ccc(OCC(N)=O)cc1)c1cccs1. The lowest BCUT2D eigenvalue weighted by Crippen LogP contribution is -2.29. The van der Waals surface area contributed by atoms with Crippen LogP contribution in [0.25, 0.3) is 0 Å². The van der Waals surface area contributed by atoms with E-state index in [1.165, 1.54) is 18.3 Å². The predicted molar refractivity (Wildman–Crippen MR) is 95.3 cm³/mol. The number of carbonyl (C=O) groups is 3. The van der Waals surface area contributed by atoms with Gasteiger partial charge in [0.25, 0.3) is 5.91 Å². The van der Waals surface area contributed by atoms with Gasteiger partial charge in [0, 0.05) is 17.5 Å². The van der Waals surface area contributed by atoms with Gasteiger partial charge < -0.3 is 21.1 Å². The van der Waals surface area contributed by atoms with Gasteiger partial charge in [-0.25, -0.2) is 0 Å². The van der Waals surface area contributed by atoms with Crippen molar-refractivity contribution in [3.63, 3.8) is 0 Å². The molecule has 0 saturated carbocycles. The Balaban J connectivity index is 1.93. The molecule has 1 aromatic heterocycles. The second kappa shape index (κ2) is 8.84. The molecule has 1 atom stereocenters. The maximum atomic E-state index is 12.2. The van der Waals surface area contributed by atoms with Crippen LogP contribution in [0.1, 0.15) is 24.3 Å². The van der Waals surface area contributed by atoms with Gasteiger partial charge in [0.15, 0.2) is 6.61 Å². The Kier molecular flexibility index (Phi) is 6.53. The van der Waals surface area contributed by atoms with Crippen molar-refractivity contribution in [3.8, 4) is 5.75 Å². The van der Waals surface area contributed by atoms with E-state index in [1.54, 1.807) is 24.3 Å². The van der Waals surface area contributed by atoms with E-state index in [1.807, 2.05) is 17.5 Å². The van der Waals surface area contributed by atoms with Crippen molar-refractivity contribution in [2.45, 2.75) is 19.4 Å². The lowest BCUT2D eigenvalue weighted by atomic mass is 10.1. The van der Waals surface area contributed by atoms with Crippen molar-refractivity contribution in [2.75, 3.05) is 11.9 Å². The number of amides is 3. The fourth-order valence-electron chi connectivity index (χ4n) is 2.14. The average molecular weight is 361 g/mol.